The summed E-state index contributed by atoms with van der Waals surface area (Å²) in [6.07, 6.45) is 7.03. The minimum atomic E-state index is -0.0163. The molecule has 2 rings (SSSR count). The average Bonchev–Trinajstić information content (AvgIpc) is 2.80. The Morgan fingerprint density at radius 3 is 2.89 bits per heavy atom. The lowest BCUT2D eigenvalue weighted by atomic mass is 10.3. The van der Waals surface area contributed by atoms with Crippen LogP contribution in [0.5, 0.6) is 0 Å². The van der Waals surface area contributed by atoms with Crippen molar-refractivity contribution in [2.24, 2.45) is 0 Å². The Morgan fingerprint density at radius 1 is 1.37 bits per heavy atom. The molecule has 0 radical (unpaired) electrons. The molecule has 19 heavy (non-hydrogen) atoms. The summed E-state index contributed by atoms with van der Waals surface area (Å²) < 4.78 is 1.16. The summed E-state index contributed by atoms with van der Waals surface area (Å²) >= 11 is 1.63. The SMILES string of the molecule is C/C=C/C=C/C(=O)N(C)Cc1nc2ccccc2s1. The number of aromatic nitrogens is 1. The number of likely N-dealkylation sites (N-methyl/N-ethyl adjacent to an activating group) is 1. The molecule has 98 valence electrons. The van der Waals surface area contributed by atoms with E-state index in [2.05, 4.69) is 4.98 Å². The molecule has 0 aliphatic heterocycles. The van der Waals surface area contributed by atoms with E-state index in [9.17, 15) is 4.79 Å². The van der Waals surface area contributed by atoms with Crippen LogP contribution in [-0.2, 0) is 11.3 Å². The van der Waals surface area contributed by atoms with Crippen molar-refractivity contribution in [3.63, 3.8) is 0 Å². The number of hydrogen-bond acceptors (Lipinski definition) is 3. The highest BCUT2D eigenvalue weighted by Crippen LogP contribution is 2.22. The highest BCUT2D eigenvalue weighted by atomic mass is 32.1. The number of para-hydroxylation sites is 1. The molecule has 0 fully saturated rings. The average molecular weight is 272 g/mol. The van der Waals surface area contributed by atoms with Gasteiger partial charge in [0, 0.05) is 13.1 Å². The highest BCUT2D eigenvalue weighted by Gasteiger charge is 2.09. The van der Waals surface area contributed by atoms with E-state index in [1.807, 2.05) is 43.3 Å². The van der Waals surface area contributed by atoms with Gasteiger partial charge in [0.25, 0.3) is 0 Å². The van der Waals surface area contributed by atoms with Crippen LogP contribution in [0.25, 0.3) is 10.2 Å². The van der Waals surface area contributed by atoms with Crippen molar-refractivity contribution in [3.8, 4) is 0 Å². The van der Waals surface area contributed by atoms with Gasteiger partial charge in [-0.25, -0.2) is 4.98 Å². The molecule has 0 atom stereocenters. The number of nitrogens with zero attached hydrogens (tertiary/aromatic N) is 2. The number of carbonyl (C=O) groups excluding carboxylic acids is 1. The lowest BCUT2D eigenvalue weighted by Gasteiger charge is -2.12. The smallest absolute Gasteiger partial charge is 0.246 e. The fourth-order valence-electron chi connectivity index (χ4n) is 1.64. The monoisotopic (exact) mass is 272 g/mol. The van der Waals surface area contributed by atoms with Crippen LogP contribution in [0, 0.1) is 0 Å². The van der Waals surface area contributed by atoms with Gasteiger partial charge in [-0.15, -0.1) is 11.3 Å². The molecule has 0 spiro atoms. The number of benzene rings is 1. The van der Waals surface area contributed by atoms with E-state index in [4.69, 9.17) is 0 Å². The maximum Gasteiger partial charge on any atom is 0.246 e. The molecule has 1 aromatic heterocycles. The molecular formula is C15H16N2OS. The van der Waals surface area contributed by atoms with Gasteiger partial charge in [0.2, 0.25) is 5.91 Å². The molecule has 3 nitrogen and oxygen atoms in total. The molecule has 1 amide bonds. The molecule has 0 bridgehead atoms. The highest BCUT2D eigenvalue weighted by molar-refractivity contribution is 7.18. The third kappa shape index (κ3) is 3.51. The van der Waals surface area contributed by atoms with Crippen molar-refractivity contribution >= 4 is 27.5 Å². The minimum absolute atomic E-state index is 0.0163. The summed E-state index contributed by atoms with van der Waals surface area (Å²) in [4.78, 5) is 18.0. The van der Waals surface area contributed by atoms with E-state index >= 15 is 0 Å². The van der Waals surface area contributed by atoms with E-state index in [0.29, 0.717) is 6.54 Å². The quantitative estimate of drug-likeness (QED) is 0.631. The normalized spacial score (nSPS) is 11.7. The summed E-state index contributed by atoms with van der Waals surface area (Å²) in [6.45, 7) is 2.46. The van der Waals surface area contributed by atoms with Crippen LogP contribution in [-0.4, -0.2) is 22.8 Å². The van der Waals surface area contributed by atoms with Crippen LogP contribution in [0.3, 0.4) is 0 Å². The van der Waals surface area contributed by atoms with Gasteiger partial charge in [0.1, 0.15) is 5.01 Å². The Bertz CT molecular complexity index is 595. The van der Waals surface area contributed by atoms with Crippen molar-refractivity contribution in [2.75, 3.05) is 7.05 Å². The van der Waals surface area contributed by atoms with Crippen molar-refractivity contribution in [3.05, 3.63) is 53.6 Å². The largest absolute Gasteiger partial charge is 0.335 e. The van der Waals surface area contributed by atoms with Gasteiger partial charge >= 0.3 is 0 Å². The van der Waals surface area contributed by atoms with Gasteiger partial charge < -0.3 is 4.90 Å². The van der Waals surface area contributed by atoms with E-state index in [1.165, 1.54) is 0 Å². The van der Waals surface area contributed by atoms with E-state index in [0.717, 1.165) is 15.2 Å². The fraction of sp³-hybridized carbons (Fsp3) is 0.200. The molecule has 0 unspecified atom stereocenters. The third-order valence-electron chi connectivity index (χ3n) is 2.63. The van der Waals surface area contributed by atoms with Crippen LogP contribution in [0.1, 0.15) is 11.9 Å². The maximum atomic E-state index is 11.8. The Balaban J connectivity index is 2.05. The molecule has 0 N–H and O–H groups in total. The standard InChI is InChI=1S/C15H16N2OS/c1-3-4-5-10-15(18)17(2)11-14-16-12-8-6-7-9-13(12)19-14/h3-10H,11H2,1-2H3/b4-3+,10-5+. The van der Waals surface area contributed by atoms with Crippen molar-refractivity contribution in [1.29, 1.82) is 0 Å². The number of amides is 1. The number of rotatable bonds is 4. The van der Waals surface area contributed by atoms with E-state index in [1.54, 1.807) is 35.4 Å². The number of carbonyl (C=O) groups is 1. The lowest BCUT2D eigenvalue weighted by Crippen LogP contribution is -2.23. The first-order valence-corrected chi connectivity index (χ1v) is 6.91. The predicted molar refractivity (Wildman–Crippen MR) is 80.0 cm³/mol. The Hall–Kier alpha value is -1.94. The molecule has 1 aromatic carbocycles. The number of allylic oxidation sites excluding steroid dienone is 3. The van der Waals surface area contributed by atoms with Gasteiger partial charge in [-0.2, -0.15) is 0 Å². The first-order valence-electron chi connectivity index (χ1n) is 6.09. The second-order valence-electron chi connectivity index (χ2n) is 4.15. The molecule has 0 aliphatic rings. The Labute approximate surface area is 116 Å². The van der Waals surface area contributed by atoms with Crippen molar-refractivity contribution < 1.29 is 4.79 Å². The molecule has 4 heteroatoms. The summed E-state index contributed by atoms with van der Waals surface area (Å²) in [5, 5.41) is 0.955. The maximum absolute atomic E-state index is 11.8. The molecule has 0 saturated heterocycles. The van der Waals surface area contributed by atoms with Crippen molar-refractivity contribution in [1.82, 2.24) is 9.88 Å². The van der Waals surface area contributed by atoms with E-state index < -0.39 is 0 Å². The molecule has 0 saturated carbocycles. The van der Waals surface area contributed by atoms with Gasteiger partial charge in [-0.3, -0.25) is 4.79 Å². The zero-order valence-electron chi connectivity index (χ0n) is 11.0. The van der Waals surface area contributed by atoms with Gasteiger partial charge in [-0.05, 0) is 19.1 Å². The molecule has 0 aliphatic carbocycles. The first kappa shape index (κ1) is 13.5. The summed E-state index contributed by atoms with van der Waals surface area (Å²) in [7, 11) is 1.79. The van der Waals surface area contributed by atoms with Gasteiger partial charge in [0.15, 0.2) is 0 Å². The predicted octanol–water partition coefficient (Wildman–Crippen LogP) is 3.39. The Morgan fingerprint density at radius 2 is 2.16 bits per heavy atom. The van der Waals surface area contributed by atoms with Crippen LogP contribution in [0.2, 0.25) is 0 Å². The zero-order chi connectivity index (χ0) is 13.7. The topological polar surface area (TPSA) is 33.2 Å². The van der Waals surface area contributed by atoms with Crippen molar-refractivity contribution in [2.45, 2.75) is 13.5 Å². The van der Waals surface area contributed by atoms with Gasteiger partial charge in [0.05, 0.1) is 16.8 Å². The van der Waals surface area contributed by atoms with Crippen LogP contribution >= 0.6 is 11.3 Å². The van der Waals surface area contributed by atoms with Crippen LogP contribution < -0.4 is 0 Å². The molecule has 1 heterocycles. The van der Waals surface area contributed by atoms with Crippen LogP contribution in [0.4, 0.5) is 0 Å². The molecule has 2 aromatic rings. The summed E-state index contributed by atoms with van der Waals surface area (Å²) in [5.74, 6) is -0.0163. The number of thiazole rings is 1. The second-order valence-corrected chi connectivity index (χ2v) is 5.27. The Kier molecular flexibility index (Phi) is 4.47. The van der Waals surface area contributed by atoms with Crippen LogP contribution in [0.15, 0.2) is 48.6 Å². The number of fused-ring (bicyclic) bond motifs is 1. The second kappa shape index (κ2) is 6.29. The zero-order valence-corrected chi connectivity index (χ0v) is 11.9. The lowest BCUT2D eigenvalue weighted by molar-refractivity contribution is -0.125. The summed E-state index contributed by atoms with van der Waals surface area (Å²) in [6, 6.07) is 8.01. The first-order chi connectivity index (χ1) is 9.20. The van der Waals surface area contributed by atoms with Gasteiger partial charge in [-0.1, -0.05) is 30.4 Å². The van der Waals surface area contributed by atoms with E-state index in [-0.39, 0.29) is 5.91 Å². The molecular weight excluding hydrogens is 256 g/mol. The fourth-order valence-corrected chi connectivity index (χ4v) is 2.67. The third-order valence-corrected chi connectivity index (χ3v) is 3.65. The minimum Gasteiger partial charge on any atom is -0.335 e. The summed E-state index contributed by atoms with van der Waals surface area (Å²) in [5.41, 5.74) is 0.993. The number of hydrogen-bond donors (Lipinski definition) is 0.